The monoisotopic (exact) mass is 315 g/mol. The Labute approximate surface area is 133 Å². The average Bonchev–Trinajstić information content (AvgIpc) is 2.60. The third-order valence-corrected chi connectivity index (χ3v) is 2.98. The number of carbonyl (C=O) groups is 2. The molecule has 7 nitrogen and oxygen atoms in total. The van der Waals surface area contributed by atoms with Gasteiger partial charge in [-0.05, 0) is 30.3 Å². The highest BCUT2D eigenvalue weighted by molar-refractivity contribution is 5.94. The Balaban J connectivity index is 1.95. The van der Waals surface area contributed by atoms with E-state index < -0.39 is 5.91 Å². The molecule has 0 aromatic heterocycles. The Morgan fingerprint density at radius 2 is 1.91 bits per heavy atom. The lowest BCUT2D eigenvalue weighted by atomic mass is 10.2. The van der Waals surface area contributed by atoms with Crippen LogP contribution in [0.25, 0.3) is 0 Å². The molecule has 0 aliphatic rings. The summed E-state index contributed by atoms with van der Waals surface area (Å²) >= 11 is 0. The Bertz CT molecular complexity index is 703. The fraction of sp³-hybridized carbons (Fsp3) is 0.125. The van der Waals surface area contributed by atoms with Crippen molar-refractivity contribution in [3.63, 3.8) is 0 Å². The topological polar surface area (TPSA) is 103 Å². The molecule has 0 spiro atoms. The predicted molar refractivity (Wildman–Crippen MR) is 85.2 cm³/mol. The summed E-state index contributed by atoms with van der Waals surface area (Å²) in [6, 6.07) is 13.4. The number of amides is 2. The Kier molecular flexibility index (Phi) is 5.54. The van der Waals surface area contributed by atoms with Crippen LogP contribution in [-0.2, 0) is 4.79 Å². The van der Waals surface area contributed by atoms with Gasteiger partial charge in [-0.15, -0.1) is 0 Å². The fourth-order valence-electron chi connectivity index (χ4n) is 1.89. The molecule has 0 fully saturated rings. The maximum Gasteiger partial charge on any atom is 0.265 e. The standard InChI is InChI=1S/C16H17N3O4/c1-22-14-8-3-2-7-13(14)18-15(20)10-23-12-6-4-5-11(9-12)16(21)19-17/h2-9H,10,17H2,1H3,(H,18,20)(H,19,21). The SMILES string of the molecule is COc1ccccc1NC(=O)COc1cccc(C(=O)NN)c1. The third kappa shape index (κ3) is 4.45. The van der Waals surface area contributed by atoms with E-state index in [1.54, 1.807) is 42.5 Å². The van der Waals surface area contributed by atoms with Crippen LogP contribution in [0.1, 0.15) is 10.4 Å². The van der Waals surface area contributed by atoms with Crippen LogP contribution in [0.4, 0.5) is 5.69 Å². The molecule has 0 aliphatic heterocycles. The molecule has 0 atom stereocenters. The molecule has 23 heavy (non-hydrogen) atoms. The fourth-order valence-corrected chi connectivity index (χ4v) is 1.89. The first kappa shape index (κ1) is 16.3. The van der Waals surface area contributed by atoms with Crippen LogP contribution in [-0.4, -0.2) is 25.5 Å². The summed E-state index contributed by atoms with van der Waals surface area (Å²) in [5, 5.41) is 2.69. The van der Waals surface area contributed by atoms with Crippen molar-refractivity contribution in [1.29, 1.82) is 0 Å². The normalized spacial score (nSPS) is 9.83. The molecule has 4 N–H and O–H groups in total. The number of hydrogen-bond donors (Lipinski definition) is 3. The van der Waals surface area contributed by atoms with Crippen LogP contribution in [0.3, 0.4) is 0 Å². The zero-order chi connectivity index (χ0) is 16.7. The number of anilines is 1. The molecule has 2 amide bonds. The zero-order valence-corrected chi connectivity index (χ0v) is 12.5. The van der Waals surface area contributed by atoms with Gasteiger partial charge in [-0.3, -0.25) is 15.0 Å². The zero-order valence-electron chi connectivity index (χ0n) is 12.5. The molecular formula is C16H17N3O4. The Hall–Kier alpha value is -3.06. The van der Waals surface area contributed by atoms with Gasteiger partial charge in [0, 0.05) is 5.56 Å². The highest BCUT2D eigenvalue weighted by Gasteiger charge is 2.09. The quantitative estimate of drug-likeness (QED) is 0.424. The largest absolute Gasteiger partial charge is 0.495 e. The minimum absolute atomic E-state index is 0.203. The molecule has 120 valence electrons. The van der Waals surface area contributed by atoms with E-state index >= 15 is 0 Å². The molecule has 0 unspecified atom stereocenters. The van der Waals surface area contributed by atoms with Crippen molar-refractivity contribution in [3.05, 3.63) is 54.1 Å². The summed E-state index contributed by atoms with van der Waals surface area (Å²) in [7, 11) is 1.52. The maximum atomic E-state index is 11.9. The van der Waals surface area contributed by atoms with Crippen LogP contribution in [0.15, 0.2) is 48.5 Å². The van der Waals surface area contributed by atoms with E-state index in [2.05, 4.69) is 5.32 Å². The number of hydrogen-bond acceptors (Lipinski definition) is 5. The van der Waals surface area contributed by atoms with E-state index in [-0.39, 0.29) is 12.5 Å². The molecule has 0 saturated heterocycles. The molecule has 0 heterocycles. The first-order valence-electron chi connectivity index (χ1n) is 6.80. The lowest BCUT2D eigenvalue weighted by Crippen LogP contribution is -2.29. The number of ether oxygens (including phenoxy) is 2. The predicted octanol–water partition coefficient (Wildman–Crippen LogP) is 1.32. The molecule has 0 aliphatic carbocycles. The second kappa shape index (κ2) is 7.81. The lowest BCUT2D eigenvalue weighted by Gasteiger charge is -2.11. The summed E-state index contributed by atoms with van der Waals surface area (Å²) in [5.74, 6) is 5.24. The first-order chi connectivity index (χ1) is 11.1. The minimum atomic E-state index is -0.436. The average molecular weight is 315 g/mol. The second-order valence-corrected chi connectivity index (χ2v) is 4.54. The number of carbonyl (C=O) groups excluding carboxylic acids is 2. The molecule has 0 bridgehead atoms. The van der Waals surface area contributed by atoms with Crippen LogP contribution in [0.2, 0.25) is 0 Å². The van der Waals surface area contributed by atoms with E-state index in [4.69, 9.17) is 15.3 Å². The van der Waals surface area contributed by atoms with Gasteiger partial charge in [-0.1, -0.05) is 18.2 Å². The highest BCUT2D eigenvalue weighted by atomic mass is 16.5. The van der Waals surface area contributed by atoms with Crippen molar-refractivity contribution >= 4 is 17.5 Å². The van der Waals surface area contributed by atoms with Crippen molar-refractivity contribution in [2.24, 2.45) is 5.84 Å². The van der Waals surface area contributed by atoms with Crippen molar-refractivity contribution < 1.29 is 19.1 Å². The molecule has 0 radical (unpaired) electrons. The van der Waals surface area contributed by atoms with Crippen LogP contribution < -0.4 is 26.1 Å². The third-order valence-electron chi connectivity index (χ3n) is 2.98. The van der Waals surface area contributed by atoms with Gasteiger partial charge in [-0.25, -0.2) is 5.84 Å². The summed E-state index contributed by atoms with van der Waals surface area (Å²) in [4.78, 5) is 23.4. The smallest absolute Gasteiger partial charge is 0.265 e. The number of hydrazine groups is 1. The second-order valence-electron chi connectivity index (χ2n) is 4.54. The number of nitrogens with two attached hydrogens (primary N) is 1. The maximum absolute atomic E-state index is 11.9. The molecular weight excluding hydrogens is 298 g/mol. The summed E-state index contributed by atoms with van der Waals surface area (Å²) in [6.07, 6.45) is 0. The van der Waals surface area contributed by atoms with Crippen molar-refractivity contribution in [2.75, 3.05) is 19.0 Å². The summed E-state index contributed by atoms with van der Waals surface area (Å²) in [5.41, 5.74) is 2.93. The number of methoxy groups -OCH3 is 1. The lowest BCUT2D eigenvalue weighted by molar-refractivity contribution is -0.118. The van der Waals surface area contributed by atoms with Gasteiger partial charge in [0.25, 0.3) is 11.8 Å². The molecule has 2 aromatic carbocycles. The summed E-state index contributed by atoms with van der Waals surface area (Å²) in [6.45, 7) is -0.203. The van der Waals surface area contributed by atoms with Gasteiger partial charge in [0.05, 0.1) is 12.8 Å². The van der Waals surface area contributed by atoms with Crippen LogP contribution in [0, 0.1) is 0 Å². The summed E-state index contributed by atoms with van der Waals surface area (Å²) < 4.78 is 10.5. The van der Waals surface area contributed by atoms with Crippen LogP contribution in [0.5, 0.6) is 11.5 Å². The van der Waals surface area contributed by atoms with E-state index in [0.717, 1.165) is 0 Å². The number of nitrogens with one attached hydrogen (secondary N) is 2. The van der Waals surface area contributed by atoms with Crippen molar-refractivity contribution in [1.82, 2.24) is 5.43 Å². The van der Waals surface area contributed by atoms with E-state index in [1.165, 1.54) is 13.2 Å². The van der Waals surface area contributed by atoms with Crippen molar-refractivity contribution in [3.8, 4) is 11.5 Å². The highest BCUT2D eigenvalue weighted by Crippen LogP contribution is 2.22. The molecule has 2 aromatic rings. The molecule has 7 heteroatoms. The number of para-hydroxylation sites is 2. The van der Waals surface area contributed by atoms with Gasteiger partial charge >= 0.3 is 0 Å². The molecule has 0 saturated carbocycles. The van der Waals surface area contributed by atoms with Gasteiger partial charge in [-0.2, -0.15) is 0 Å². The van der Waals surface area contributed by atoms with Gasteiger partial charge in [0.15, 0.2) is 6.61 Å². The van der Waals surface area contributed by atoms with E-state index in [0.29, 0.717) is 22.7 Å². The Morgan fingerprint density at radius 1 is 1.13 bits per heavy atom. The van der Waals surface area contributed by atoms with Crippen molar-refractivity contribution in [2.45, 2.75) is 0 Å². The number of rotatable bonds is 6. The minimum Gasteiger partial charge on any atom is -0.495 e. The molecule has 2 rings (SSSR count). The Morgan fingerprint density at radius 3 is 2.65 bits per heavy atom. The van der Waals surface area contributed by atoms with Gasteiger partial charge < -0.3 is 14.8 Å². The van der Waals surface area contributed by atoms with Gasteiger partial charge in [0.1, 0.15) is 11.5 Å². The van der Waals surface area contributed by atoms with Crippen LogP contribution >= 0.6 is 0 Å². The number of nitrogen functional groups attached to an aromatic ring is 1. The first-order valence-corrected chi connectivity index (χ1v) is 6.80. The number of benzene rings is 2. The van der Waals surface area contributed by atoms with E-state index in [9.17, 15) is 9.59 Å². The van der Waals surface area contributed by atoms with E-state index in [1.807, 2.05) is 5.43 Å². The van der Waals surface area contributed by atoms with Gasteiger partial charge in [0.2, 0.25) is 0 Å².